The first-order valence-electron chi connectivity index (χ1n) is 36.7. The molecule has 0 spiro atoms. The van der Waals surface area contributed by atoms with Crippen LogP contribution in [0.2, 0.25) is 0 Å². The lowest BCUT2D eigenvalue weighted by molar-refractivity contribution is -0.385. The molecular weight excluding hydrogens is 1410 g/mol. The van der Waals surface area contributed by atoms with E-state index in [1.54, 1.807) is 45.2 Å². The van der Waals surface area contributed by atoms with E-state index in [0.717, 1.165) is 109 Å². The van der Waals surface area contributed by atoms with Crippen molar-refractivity contribution in [2.24, 2.45) is 0 Å². The van der Waals surface area contributed by atoms with Crippen LogP contribution in [-0.2, 0) is 70.6 Å². The second-order valence-electron chi connectivity index (χ2n) is 26.2. The quantitative estimate of drug-likeness (QED) is 0.0736. The third-order valence-corrected chi connectivity index (χ3v) is 20.3. The fourth-order valence-corrected chi connectivity index (χ4v) is 12.3. The lowest BCUT2D eigenvalue weighted by Crippen LogP contribution is -1.96. The smallest absolute Gasteiger partial charge is 0.272 e. The molecule has 0 saturated carbocycles. The highest BCUT2D eigenvalue weighted by Crippen LogP contribution is 2.28. The van der Waals surface area contributed by atoms with Crippen LogP contribution >= 0.6 is 31.9 Å². The molecule has 0 N–H and O–H groups in total. The van der Waals surface area contributed by atoms with Crippen LogP contribution in [0.15, 0.2) is 148 Å². The highest BCUT2D eigenvalue weighted by molar-refractivity contribution is 9.11. The number of nitrogens with zero attached hydrogens (tertiary/aromatic N) is 3. The van der Waals surface area contributed by atoms with Crippen LogP contribution in [0.25, 0.3) is 0 Å². The summed E-state index contributed by atoms with van der Waals surface area (Å²) in [6, 6.07) is 47.6. The SMILES string of the molecule is CCc1cc(Br)c(C)c(Br)c1.CCc1cc(C)c(C)c(C)c1.CCc1cc(C)c(C)c([N+](=O)[O-])c1.CCc1cc(C)c(C)cc1C.CCc1ccc(C)c(CC)c1.CCc1ccc(C)c([N+](=O)[O-])c1.CCc1ccc(C)cc1CC.CCc1ccc(C)cc1OC.CCc1ccc(C)cc1[N+](=O)[O-]. The van der Waals surface area contributed by atoms with Crippen LogP contribution in [0.1, 0.15) is 215 Å². The zero-order valence-corrected chi connectivity index (χ0v) is 70.7. The van der Waals surface area contributed by atoms with Gasteiger partial charge in [0.2, 0.25) is 0 Å². The minimum absolute atomic E-state index is 0.217. The summed E-state index contributed by atoms with van der Waals surface area (Å²) in [7, 11) is 1.72. The Hall–Kier alpha value is -8.06. The van der Waals surface area contributed by atoms with E-state index < -0.39 is 0 Å². The number of ether oxygens (including phenoxy) is 1. The molecule has 0 amide bonds. The number of benzene rings is 9. The van der Waals surface area contributed by atoms with Gasteiger partial charge in [-0.15, -0.1) is 0 Å². The summed E-state index contributed by atoms with van der Waals surface area (Å²) in [5.41, 5.74) is 32.2. The second kappa shape index (κ2) is 48.8. The monoisotopic (exact) mass is 1530 g/mol. The van der Waals surface area contributed by atoms with Crippen LogP contribution in [0.5, 0.6) is 5.75 Å². The van der Waals surface area contributed by atoms with Crippen LogP contribution in [0.3, 0.4) is 0 Å². The van der Waals surface area contributed by atoms with Gasteiger partial charge in [-0.3, -0.25) is 30.3 Å². The van der Waals surface area contributed by atoms with Gasteiger partial charge in [-0.1, -0.05) is 217 Å². The molecule has 0 fully saturated rings. The first-order chi connectivity index (χ1) is 48.6. The van der Waals surface area contributed by atoms with Crippen LogP contribution in [-0.4, -0.2) is 21.9 Å². The van der Waals surface area contributed by atoms with E-state index >= 15 is 0 Å². The highest BCUT2D eigenvalue weighted by Gasteiger charge is 2.14. The van der Waals surface area contributed by atoms with Gasteiger partial charge in [-0.2, -0.15) is 0 Å². The Labute approximate surface area is 638 Å². The van der Waals surface area contributed by atoms with Gasteiger partial charge < -0.3 is 4.74 Å². The number of hydrogen-bond donors (Lipinski definition) is 0. The molecule has 0 bridgehead atoms. The third kappa shape index (κ3) is 32.2. The molecule has 558 valence electrons. The summed E-state index contributed by atoms with van der Waals surface area (Å²) in [5.74, 6) is 1.01. The van der Waals surface area contributed by atoms with Crippen molar-refractivity contribution in [1.29, 1.82) is 0 Å². The first-order valence-corrected chi connectivity index (χ1v) is 38.3. The number of methoxy groups -OCH3 is 1. The average molecular weight is 1530 g/mol. The van der Waals surface area contributed by atoms with E-state index in [9.17, 15) is 30.3 Å². The van der Waals surface area contributed by atoms with Gasteiger partial charge in [0.05, 0.1) is 21.9 Å². The highest BCUT2D eigenvalue weighted by atomic mass is 79.9. The topological polar surface area (TPSA) is 139 Å². The van der Waals surface area contributed by atoms with E-state index in [2.05, 4.69) is 247 Å². The van der Waals surface area contributed by atoms with Gasteiger partial charge in [-0.05, 0) is 303 Å². The summed E-state index contributed by atoms with van der Waals surface area (Å²) in [6.07, 6.45) is 11.4. The fraction of sp³-hybridized carbons (Fsp3) is 0.407. The van der Waals surface area contributed by atoms with Gasteiger partial charge in [0.15, 0.2) is 0 Å². The Balaban J connectivity index is 0.000000580. The molecule has 0 aliphatic heterocycles. The molecule has 0 aliphatic rings. The molecule has 9 rings (SSSR count). The molecule has 12 heteroatoms. The Morgan fingerprint density at radius 3 is 1.09 bits per heavy atom. The summed E-state index contributed by atoms with van der Waals surface area (Å²) in [6.45, 7) is 52.3. The zero-order valence-electron chi connectivity index (χ0n) is 67.5. The molecule has 0 unspecified atom stereocenters. The Bertz CT molecular complexity index is 3990. The predicted molar refractivity (Wildman–Crippen MR) is 449 cm³/mol. The molecule has 0 radical (unpaired) electrons. The lowest BCUT2D eigenvalue weighted by atomic mass is 9.99. The number of halogens is 2. The maximum absolute atomic E-state index is 10.6. The minimum Gasteiger partial charge on any atom is -0.496 e. The average Bonchev–Trinajstić information content (AvgIpc) is 0.838. The second-order valence-corrected chi connectivity index (χ2v) is 27.9. The molecule has 0 aliphatic carbocycles. The van der Waals surface area contributed by atoms with Crippen molar-refractivity contribution >= 4 is 48.9 Å². The van der Waals surface area contributed by atoms with Crippen molar-refractivity contribution in [3.8, 4) is 5.75 Å². The maximum atomic E-state index is 10.6. The standard InChI is InChI=1S/4C11H16.C10H13NO2.C10H14O.C9H10Br2.2C9H11NO2/c1-5-11-6-8(2)10(4)9(3)7-11;1-5-11-7-9(3)8(2)6-10(11)4;1-4-10-7-6-9(3)11(5-2)8-10;1-4-10-7-6-9(3)8-11(10)5-2;1-4-9-5-7(2)8(3)10(6-9)11(12)13;1-4-9-6-5-8(2)7-10(9)11-3;1-3-7-4-8(10)6(2)9(11)5-7;1-3-8-5-4-7(2)9(6-8)10(11)12;1-3-8-5-4-7(2)6-9(8)10(11)12/h2*6-7H,5H2,1-4H3;2*6-8H,4-5H2,1-3H3;5-6H,4H2,1-3H3;5-7H,4H2,1-3H3;4-5H,3H2,1-2H3;2*4-6H,3H2,1-2H3. The number of nitro groups is 3. The molecular formula is C91H123Br2N3O7. The van der Waals surface area contributed by atoms with E-state index in [0.29, 0.717) is 6.42 Å². The van der Waals surface area contributed by atoms with Gasteiger partial charge in [0.1, 0.15) is 5.75 Å². The normalized spacial score (nSPS) is 10.0. The van der Waals surface area contributed by atoms with Gasteiger partial charge in [-0.25, -0.2) is 0 Å². The van der Waals surface area contributed by atoms with Crippen LogP contribution < -0.4 is 4.74 Å². The number of rotatable bonds is 15. The predicted octanol–water partition coefficient (Wildman–Crippen LogP) is 26.9. The van der Waals surface area contributed by atoms with Crippen molar-refractivity contribution in [3.63, 3.8) is 0 Å². The fourth-order valence-electron chi connectivity index (χ4n) is 11.1. The van der Waals surface area contributed by atoms with E-state index in [-0.39, 0.29) is 31.8 Å². The third-order valence-electron chi connectivity index (χ3n) is 18.6. The molecule has 103 heavy (non-hydrogen) atoms. The van der Waals surface area contributed by atoms with E-state index in [4.69, 9.17) is 4.74 Å². The largest absolute Gasteiger partial charge is 0.496 e. The van der Waals surface area contributed by atoms with E-state index in [1.807, 2.05) is 58.9 Å². The van der Waals surface area contributed by atoms with Crippen molar-refractivity contribution in [2.45, 2.75) is 244 Å². The summed E-state index contributed by atoms with van der Waals surface area (Å²) < 4.78 is 7.59. The Morgan fingerprint density at radius 1 is 0.272 bits per heavy atom. The first kappa shape index (κ1) is 93.0. The van der Waals surface area contributed by atoms with Gasteiger partial charge in [0, 0.05) is 43.8 Å². The number of hydrogen-bond acceptors (Lipinski definition) is 7. The van der Waals surface area contributed by atoms with E-state index in [1.165, 1.54) is 109 Å². The summed E-state index contributed by atoms with van der Waals surface area (Å²) >= 11 is 7.02. The van der Waals surface area contributed by atoms with Gasteiger partial charge >= 0.3 is 0 Å². The molecule has 9 aromatic carbocycles. The molecule has 9 aromatic rings. The van der Waals surface area contributed by atoms with Crippen molar-refractivity contribution in [3.05, 3.63) is 318 Å². The van der Waals surface area contributed by atoms with Crippen molar-refractivity contribution in [1.82, 2.24) is 0 Å². The van der Waals surface area contributed by atoms with Crippen LogP contribution in [0.4, 0.5) is 17.1 Å². The Kier molecular flexibility index (Phi) is 44.0. The van der Waals surface area contributed by atoms with Crippen molar-refractivity contribution in [2.75, 3.05) is 7.11 Å². The van der Waals surface area contributed by atoms with Gasteiger partial charge in [0.25, 0.3) is 17.1 Å². The lowest BCUT2D eigenvalue weighted by Gasteiger charge is -2.06. The summed E-state index contributed by atoms with van der Waals surface area (Å²) in [5, 5.41) is 31.7. The molecule has 0 heterocycles. The molecule has 0 aromatic heterocycles. The Morgan fingerprint density at radius 2 is 0.641 bits per heavy atom. The number of aryl methyl sites for hydroxylation is 22. The minimum atomic E-state index is -0.339. The summed E-state index contributed by atoms with van der Waals surface area (Å²) in [4.78, 5) is 30.7. The molecule has 0 saturated heterocycles. The number of nitro benzene ring substituents is 3. The van der Waals surface area contributed by atoms with Crippen molar-refractivity contribution < 1.29 is 19.5 Å². The maximum Gasteiger partial charge on any atom is 0.272 e. The van der Waals surface area contributed by atoms with Crippen LogP contribution in [0, 0.1) is 127 Å². The molecule has 10 nitrogen and oxygen atoms in total. The zero-order chi connectivity index (χ0) is 78.4. The molecule has 0 atom stereocenters.